The summed E-state index contributed by atoms with van der Waals surface area (Å²) in [4.78, 5) is 35.4. The molecule has 1 atom stereocenters. The van der Waals surface area contributed by atoms with E-state index in [-0.39, 0.29) is 22.4 Å². The maximum atomic E-state index is 12.8. The van der Waals surface area contributed by atoms with E-state index in [1.165, 1.54) is 18.2 Å². The molecule has 0 saturated heterocycles. The van der Waals surface area contributed by atoms with E-state index in [0.717, 1.165) is 0 Å². The highest BCUT2D eigenvalue weighted by Crippen LogP contribution is 2.32. The van der Waals surface area contributed by atoms with Crippen LogP contribution in [0.4, 0.5) is 5.69 Å². The number of fused-ring (bicyclic) bond motifs is 2. The van der Waals surface area contributed by atoms with Crippen molar-refractivity contribution in [2.45, 2.75) is 6.04 Å². The molecule has 0 fully saturated rings. The second kappa shape index (κ2) is 5.02. The predicted molar refractivity (Wildman–Crippen MR) is 84.9 cm³/mol. The zero-order chi connectivity index (χ0) is 16.8. The van der Waals surface area contributed by atoms with Gasteiger partial charge in [-0.25, -0.2) is 0 Å². The van der Waals surface area contributed by atoms with Crippen molar-refractivity contribution in [3.05, 3.63) is 85.8 Å². The van der Waals surface area contributed by atoms with Gasteiger partial charge in [-0.15, -0.1) is 0 Å². The molecule has 1 aliphatic heterocycles. The Morgan fingerprint density at radius 3 is 2.67 bits per heavy atom. The van der Waals surface area contributed by atoms with Crippen LogP contribution in [0.5, 0.6) is 0 Å². The Kier molecular flexibility index (Phi) is 2.96. The van der Waals surface area contributed by atoms with E-state index in [0.29, 0.717) is 16.5 Å². The smallest absolute Gasteiger partial charge is 0.288 e. The summed E-state index contributed by atoms with van der Waals surface area (Å²) >= 11 is 0. The van der Waals surface area contributed by atoms with Crippen LogP contribution in [-0.2, 0) is 0 Å². The van der Waals surface area contributed by atoms with Crippen molar-refractivity contribution in [2.75, 3.05) is 0 Å². The first-order valence-corrected chi connectivity index (χ1v) is 7.17. The van der Waals surface area contributed by atoms with Crippen molar-refractivity contribution < 1.29 is 14.1 Å². The second-order valence-corrected chi connectivity index (χ2v) is 5.43. The van der Waals surface area contributed by atoms with E-state index in [2.05, 4.69) is 5.32 Å². The van der Waals surface area contributed by atoms with Gasteiger partial charge in [-0.05, 0) is 17.7 Å². The maximum absolute atomic E-state index is 12.8. The van der Waals surface area contributed by atoms with E-state index in [1.807, 2.05) is 0 Å². The minimum absolute atomic E-state index is 0.0461. The largest absolute Gasteiger partial charge is 0.450 e. The zero-order valence-corrected chi connectivity index (χ0v) is 12.2. The predicted octanol–water partition coefficient (Wildman–Crippen LogP) is 2.53. The molecule has 0 bridgehead atoms. The quantitative estimate of drug-likeness (QED) is 0.577. The van der Waals surface area contributed by atoms with Crippen molar-refractivity contribution >= 4 is 22.6 Å². The topological polar surface area (TPSA) is 102 Å². The number of nitro benzene ring substituents is 1. The number of nitrogens with one attached hydrogen (secondary N) is 1. The Morgan fingerprint density at radius 2 is 1.88 bits per heavy atom. The van der Waals surface area contributed by atoms with Crippen LogP contribution in [0, 0.1) is 10.1 Å². The van der Waals surface area contributed by atoms with Crippen molar-refractivity contribution in [3.63, 3.8) is 0 Å². The number of rotatable bonds is 2. The molecule has 118 valence electrons. The fraction of sp³-hybridized carbons (Fsp3) is 0.0588. The fourth-order valence-electron chi connectivity index (χ4n) is 2.92. The van der Waals surface area contributed by atoms with Crippen LogP contribution < -0.4 is 10.7 Å². The lowest BCUT2D eigenvalue weighted by atomic mass is 9.99. The Balaban J connectivity index is 1.96. The Labute approximate surface area is 134 Å². The van der Waals surface area contributed by atoms with Crippen LogP contribution >= 0.6 is 0 Å². The molecule has 1 amide bonds. The molecule has 0 unspecified atom stereocenters. The summed E-state index contributed by atoms with van der Waals surface area (Å²) < 4.78 is 5.58. The van der Waals surface area contributed by atoms with Gasteiger partial charge in [0, 0.05) is 12.1 Å². The Bertz CT molecular complexity index is 1070. The molecule has 2 aromatic carbocycles. The molecule has 2 heterocycles. The number of carbonyl (C=O) groups is 1. The lowest BCUT2D eigenvalue weighted by Gasteiger charge is -2.11. The molecular weight excluding hydrogens is 312 g/mol. The number of non-ortho nitro benzene ring substituents is 1. The number of carbonyl (C=O) groups excluding carboxylic acids is 1. The van der Waals surface area contributed by atoms with Gasteiger partial charge in [-0.3, -0.25) is 19.7 Å². The van der Waals surface area contributed by atoms with E-state index >= 15 is 0 Å². The summed E-state index contributed by atoms with van der Waals surface area (Å²) in [5.41, 5.74) is 0.538. The van der Waals surface area contributed by atoms with E-state index in [1.54, 1.807) is 30.3 Å². The lowest BCUT2D eigenvalue weighted by Crippen LogP contribution is -2.22. The number of amides is 1. The molecule has 0 spiro atoms. The average molecular weight is 322 g/mol. The van der Waals surface area contributed by atoms with Crippen LogP contribution in [0.15, 0.2) is 57.7 Å². The van der Waals surface area contributed by atoms with Crippen LogP contribution in [0.3, 0.4) is 0 Å². The van der Waals surface area contributed by atoms with Crippen molar-refractivity contribution in [2.24, 2.45) is 0 Å². The second-order valence-electron chi connectivity index (χ2n) is 5.43. The van der Waals surface area contributed by atoms with Gasteiger partial charge >= 0.3 is 0 Å². The molecule has 7 heteroatoms. The molecule has 1 aliphatic rings. The van der Waals surface area contributed by atoms with Crippen LogP contribution in [-0.4, -0.2) is 10.8 Å². The van der Waals surface area contributed by atoms with Crippen LogP contribution in [0.25, 0.3) is 11.0 Å². The van der Waals surface area contributed by atoms with Gasteiger partial charge in [-0.2, -0.15) is 0 Å². The summed E-state index contributed by atoms with van der Waals surface area (Å²) in [7, 11) is 0. The minimum Gasteiger partial charge on any atom is -0.450 e. The monoisotopic (exact) mass is 322 g/mol. The lowest BCUT2D eigenvalue weighted by molar-refractivity contribution is -0.384. The third-order valence-electron chi connectivity index (χ3n) is 4.02. The normalized spacial score (nSPS) is 16.0. The number of para-hydroxylation sites is 1. The molecule has 7 nitrogen and oxygen atoms in total. The first-order chi connectivity index (χ1) is 11.6. The van der Waals surface area contributed by atoms with E-state index in [4.69, 9.17) is 4.42 Å². The van der Waals surface area contributed by atoms with Crippen molar-refractivity contribution in [3.8, 4) is 0 Å². The van der Waals surface area contributed by atoms with Gasteiger partial charge < -0.3 is 9.73 Å². The van der Waals surface area contributed by atoms with Crippen molar-refractivity contribution in [1.82, 2.24) is 5.32 Å². The SMILES string of the molecule is O=C1N[C@H](c2cccc([N+](=O)[O-])c2)c2c1oc1ccccc1c2=O. The first kappa shape index (κ1) is 14.1. The van der Waals surface area contributed by atoms with Gasteiger partial charge in [0.15, 0.2) is 5.43 Å². The summed E-state index contributed by atoms with van der Waals surface area (Å²) in [5, 5.41) is 14.0. The molecule has 1 aromatic heterocycles. The zero-order valence-electron chi connectivity index (χ0n) is 12.2. The highest BCUT2D eigenvalue weighted by Gasteiger charge is 2.36. The molecule has 24 heavy (non-hydrogen) atoms. The molecule has 3 aromatic rings. The van der Waals surface area contributed by atoms with Crippen LogP contribution in [0.1, 0.15) is 27.7 Å². The molecular formula is C17H10N2O5. The van der Waals surface area contributed by atoms with Crippen LogP contribution in [0.2, 0.25) is 0 Å². The average Bonchev–Trinajstić information content (AvgIpc) is 2.92. The van der Waals surface area contributed by atoms with Crippen molar-refractivity contribution in [1.29, 1.82) is 0 Å². The standard InChI is InChI=1S/C17H10N2O5/c20-15-11-6-1-2-7-12(11)24-16-13(15)14(18-17(16)21)9-4-3-5-10(8-9)19(22)23/h1-8,14H,(H,18,21)/t14-/m1/s1. The summed E-state index contributed by atoms with van der Waals surface area (Å²) in [5.74, 6) is -0.556. The number of benzene rings is 2. The highest BCUT2D eigenvalue weighted by molar-refractivity contribution is 5.98. The number of nitro groups is 1. The van der Waals surface area contributed by atoms with E-state index < -0.39 is 16.9 Å². The number of hydrogen-bond donors (Lipinski definition) is 1. The number of hydrogen-bond acceptors (Lipinski definition) is 5. The highest BCUT2D eigenvalue weighted by atomic mass is 16.6. The molecule has 1 N–H and O–H groups in total. The van der Waals surface area contributed by atoms with Gasteiger partial charge in [0.2, 0.25) is 5.76 Å². The summed E-state index contributed by atoms with van der Waals surface area (Å²) in [6.07, 6.45) is 0. The number of nitrogens with zero attached hydrogens (tertiary/aromatic N) is 1. The third kappa shape index (κ3) is 1.98. The molecule has 0 aliphatic carbocycles. The fourth-order valence-corrected chi connectivity index (χ4v) is 2.92. The third-order valence-corrected chi connectivity index (χ3v) is 4.02. The minimum atomic E-state index is -0.770. The van der Waals surface area contributed by atoms with Gasteiger partial charge in [0.05, 0.1) is 21.9 Å². The maximum Gasteiger partial charge on any atom is 0.288 e. The summed E-state index contributed by atoms with van der Waals surface area (Å²) in [6, 6.07) is 11.7. The Hall–Kier alpha value is -3.48. The summed E-state index contributed by atoms with van der Waals surface area (Å²) in [6.45, 7) is 0. The van der Waals surface area contributed by atoms with Gasteiger partial charge in [0.1, 0.15) is 5.58 Å². The Morgan fingerprint density at radius 1 is 1.08 bits per heavy atom. The molecule has 0 saturated carbocycles. The first-order valence-electron chi connectivity index (χ1n) is 7.17. The van der Waals surface area contributed by atoms with E-state index in [9.17, 15) is 19.7 Å². The van der Waals surface area contributed by atoms with Gasteiger partial charge in [-0.1, -0.05) is 24.3 Å². The molecule has 4 rings (SSSR count). The molecule has 0 radical (unpaired) electrons. The van der Waals surface area contributed by atoms with Gasteiger partial charge in [0.25, 0.3) is 11.6 Å².